The fraction of sp³-hybridized carbons (Fsp3) is 0.0909. The molecule has 0 aliphatic carbocycles. The van der Waals surface area contributed by atoms with Crippen LogP contribution < -0.4 is 5.32 Å². The Bertz CT molecular complexity index is 1460. The Morgan fingerprint density at radius 3 is 2.77 bits per heavy atom. The fourth-order valence-electron chi connectivity index (χ4n) is 3.30. The van der Waals surface area contributed by atoms with E-state index in [1.54, 1.807) is 35.6 Å². The fourth-order valence-corrected chi connectivity index (χ4v) is 5.08. The van der Waals surface area contributed by atoms with Gasteiger partial charge in [0.1, 0.15) is 0 Å². The highest BCUT2D eigenvalue weighted by Crippen LogP contribution is 2.29. The minimum Gasteiger partial charge on any atom is -0.464 e. The van der Waals surface area contributed by atoms with Crippen molar-refractivity contribution >= 4 is 55.4 Å². The molecule has 0 saturated heterocycles. The molecule has 9 heteroatoms. The zero-order valence-electron chi connectivity index (χ0n) is 16.6. The average Bonchev–Trinajstić information content (AvgIpc) is 3.48. The number of rotatable bonds is 4. The van der Waals surface area contributed by atoms with Gasteiger partial charge in [-0.15, -0.1) is 22.7 Å². The first-order valence-corrected chi connectivity index (χ1v) is 11.1. The summed E-state index contributed by atoms with van der Waals surface area (Å²) in [6, 6.07) is 12.7. The molecule has 0 fully saturated rings. The van der Waals surface area contributed by atoms with E-state index in [1.165, 1.54) is 18.4 Å². The van der Waals surface area contributed by atoms with E-state index >= 15 is 0 Å². The first-order valence-electron chi connectivity index (χ1n) is 9.36. The second kappa shape index (κ2) is 7.60. The number of carbonyl (C=O) groups excluding carboxylic acids is 2. The largest absolute Gasteiger partial charge is 0.464 e. The summed E-state index contributed by atoms with van der Waals surface area (Å²) in [7, 11) is 1.32. The number of amides is 1. The Kier molecular flexibility index (Phi) is 4.76. The SMILES string of the molecule is COC(=O)c1nc2ccc(NC(=O)c3ccccc3-c3cn4c(C)csc4n3)cc2s1. The third kappa shape index (κ3) is 3.47. The molecule has 5 aromatic rings. The van der Waals surface area contributed by atoms with Gasteiger partial charge in [0.2, 0.25) is 5.01 Å². The number of hydrogen-bond donors (Lipinski definition) is 1. The number of aromatic nitrogens is 3. The van der Waals surface area contributed by atoms with Crippen LogP contribution in [0.3, 0.4) is 0 Å². The van der Waals surface area contributed by atoms with Crippen LogP contribution in [0.1, 0.15) is 25.9 Å². The van der Waals surface area contributed by atoms with Gasteiger partial charge in [-0.1, -0.05) is 18.2 Å². The number of fused-ring (bicyclic) bond motifs is 2. The first-order chi connectivity index (χ1) is 15.0. The average molecular weight is 449 g/mol. The third-order valence-corrected chi connectivity index (χ3v) is 6.80. The van der Waals surface area contributed by atoms with Gasteiger partial charge in [-0.3, -0.25) is 9.20 Å². The van der Waals surface area contributed by atoms with Gasteiger partial charge in [-0.2, -0.15) is 0 Å². The van der Waals surface area contributed by atoms with Crippen molar-refractivity contribution in [2.45, 2.75) is 6.92 Å². The number of nitrogens with zero attached hydrogens (tertiary/aromatic N) is 3. The molecule has 7 nitrogen and oxygen atoms in total. The summed E-state index contributed by atoms with van der Waals surface area (Å²) in [4.78, 5) is 34.6. The first kappa shape index (κ1) is 19.4. The smallest absolute Gasteiger partial charge is 0.367 e. The number of aryl methyl sites for hydroxylation is 1. The Labute approximate surface area is 185 Å². The molecule has 0 saturated carbocycles. The van der Waals surface area contributed by atoms with Gasteiger partial charge >= 0.3 is 5.97 Å². The lowest BCUT2D eigenvalue weighted by molar-refractivity contribution is 0.0600. The van der Waals surface area contributed by atoms with E-state index in [0.717, 1.165) is 26.6 Å². The van der Waals surface area contributed by atoms with Crippen molar-refractivity contribution in [2.75, 3.05) is 12.4 Å². The summed E-state index contributed by atoms with van der Waals surface area (Å²) in [5.74, 6) is -0.711. The Morgan fingerprint density at radius 2 is 1.97 bits per heavy atom. The van der Waals surface area contributed by atoms with E-state index < -0.39 is 5.97 Å². The number of ether oxygens (including phenoxy) is 1. The molecular weight excluding hydrogens is 432 g/mol. The van der Waals surface area contributed by atoms with Crippen LogP contribution >= 0.6 is 22.7 Å². The highest BCUT2D eigenvalue weighted by molar-refractivity contribution is 7.20. The van der Waals surface area contributed by atoms with E-state index in [4.69, 9.17) is 4.74 Å². The van der Waals surface area contributed by atoms with Gasteiger partial charge in [0.25, 0.3) is 5.91 Å². The maximum Gasteiger partial charge on any atom is 0.367 e. The van der Waals surface area contributed by atoms with Crippen LogP contribution in [0.4, 0.5) is 5.69 Å². The second-order valence-electron chi connectivity index (χ2n) is 6.85. The van der Waals surface area contributed by atoms with Crippen molar-refractivity contribution in [3.63, 3.8) is 0 Å². The van der Waals surface area contributed by atoms with Gasteiger partial charge in [-0.25, -0.2) is 14.8 Å². The van der Waals surface area contributed by atoms with Crippen molar-refractivity contribution in [3.05, 3.63) is 70.3 Å². The van der Waals surface area contributed by atoms with Gasteiger partial charge in [0.15, 0.2) is 4.96 Å². The molecular formula is C22H16N4O3S2. The van der Waals surface area contributed by atoms with Crippen molar-refractivity contribution < 1.29 is 14.3 Å². The number of nitrogens with one attached hydrogen (secondary N) is 1. The summed E-state index contributed by atoms with van der Waals surface area (Å²) in [6.45, 7) is 2.02. The minimum atomic E-state index is -0.476. The van der Waals surface area contributed by atoms with E-state index in [0.29, 0.717) is 16.8 Å². The predicted molar refractivity (Wildman–Crippen MR) is 122 cm³/mol. The van der Waals surface area contributed by atoms with Crippen molar-refractivity contribution in [2.24, 2.45) is 0 Å². The van der Waals surface area contributed by atoms with Gasteiger partial charge in [0.05, 0.1) is 23.0 Å². The maximum absolute atomic E-state index is 13.1. The van der Waals surface area contributed by atoms with Gasteiger partial charge < -0.3 is 10.1 Å². The molecule has 1 N–H and O–H groups in total. The molecule has 31 heavy (non-hydrogen) atoms. The summed E-state index contributed by atoms with van der Waals surface area (Å²) in [6.07, 6.45) is 1.95. The highest BCUT2D eigenvalue weighted by Gasteiger charge is 2.17. The van der Waals surface area contributed by atoms with Crippen LogP contribution in [0, 0.1) is 6.92 Å². The van der Waals surface area contributed by atoms with Crippen molar-refractivity contribution in [3.8, 4) is 11.3 Å². The molecule has 0 atom stereocenters. The number of benzene rings is 2. The molecule has 5 rings (SSSR count). The molecule has 0 unspecified atom stereocenters. The van der Waals surface area contributed by atoms with Crippen molar-refractivity contribution in [1.82, 2.24) is 14.4 Å². The molecule has 1 amide bonds. The van der Waals surface area contributed by atoms with Crippen molar-refractivity contribution in [1.29, 1.82) is 0 Å². The summed E-state index contributed by atoms with van der Waals surface area (Å²) in [5.41, 5.74) is 4.45. The van der Waals surface area contributed by atoms with Gasteiger partial charge in [-0.05, 0) is 31.2 Å². The van der Waals surface area contributed by atoms with Crippen LogP contribution in [-0.4, -0.2) is 33.4 Å². The molecule has 0 aliphatic heterocycles. The molecule has 154 valence electrons. The number of hydrogen-bond acceptors (Lipinski definition) is 7. The number of esters is 1. The molecule has 3 aromatic heterocycles. The highest BCUT2D eigenvalue weighted by atomic mass is 32.1. The molecule has 0 aliphatic rings. The monoisotopic (exact) mass is 448 g/mol. The van der Waals surface area contributed by atoms with E-state index in [9.17, 15) is 9.59 Å². The summed E-state index contributed by atoms with van der Waals surface area (Å²) >= 11 is 2.79. The van der Waals surface area contributed by atoms with E-state index in [-0.39, 0.29) is 10.9 Å². The zero-order valence-corrected chi connectivity index (χ0v) is 18.2. The number of methoxy groups -OCH3 is 1. The van der Waals surface area contributed by atoms with Crippen LogP contribution in [0.5, 0.6) is 0 Å². The molecule has 0 radical (unpaired) electrons. The lowest BCUT2D eigenvalue weighted by Crippen LogP contribution is -2.13. The van der Waals surface area contributed by atoms with Crippen LogP contribution in [0.2, 0.25) is 0 Å². The van der Waals surface area contributed by atoms with Crippen LogP contribution in [0.15, 0.2) is 54.0 Å². The molecule has 0 bridgehead atoms. The second-order valence-corrected chi connectivity index (χ2v) is 8.72. The standard InChI is InChI=1S/C22H16N4O3S2/c1-12-11-30-22-25-17(10-26(12)22)14-5-3-4-6-15(14)19(27)23-13-7-8-16-18(9-13)31-20(24-16)21(28)29-2/h3-11H,1-2H3,(H,23,27). The molecule has 3 heterocycles. The minimum absolute atomic E-state index is 0.235. The summed E-state index contributed by atoms with van der Waals surface area (Å²) in [5, 5.41) is 5.27. The molecule has 0 spiro atoms. The quantitative estimate of drug-likeness (QED) is 0.390. The number of thiazole rings is 2. The Hall–Kier alpha value is -3.56. The van der Waals surface area contributed by atoms with E-state index in [1.807, 2.05) is 41.1 Å². The predicted octanol–water partition coefficient (Wildman–Crippen LogP) is 5.02. The third-order valence-electron chi connectivity index (χ3n) is 4.84. The summed E-state index contributed by atoms with van der Waals surface area (Å²) < 4.78 is 7.54. The maximum atomic E-state index is 13.1. The topological polar surface area (TPSA) is 85.6 Å². The number of carbonyl (C=O) groups is 2. The lowest BCUT2D eigenvalue weighted by Gasteiger charge is -2.09. The number of imidazole rings is 1. The zero-order chi connectivity index (χ0) is 21.5. The van der Waals surface area contributed by atoms with E-state index in [2.05, 4.69) is 15.3 Å². The lowest BCUT2D eigenvalue weighted by atomic mass is 10.0. The Balaban J connectivity index is 1.46. The van der Waals surface area contributed by atoms with Gasteiger partial charge in [0, 0.05) is 34.1 Å². The van der Waals surface area contributed by atoms with Crippen LogP contribution in [0.25, 0.3) is 26.4 Å². The number of anilines is 1. The Morgan fingerprint density at radius 1 is 1.13 bits per heavy atom. The normalized spacial score (nSPS) is 11.2. The molecule has 2 aromatic carbocycles. The van der Waals surface area contributed by atoms with Crippen LogP contribution in [-0.2, 0) is 4.74 Å².